The lowest BCUT2D eigenvalue weighted by Crippen LogP contribution is -2.67. The van der Waals surface area contributed by atoms with E-state index in [4.69, 9.17) is 5.73 Å². The number of rotatable bonds is 2. The van der Waals surface area contributed by atoms with Gasteiger partial charge in [-0.25, -0.2) is 0 Å². The molecule has 3 N–H and O–H groups in total. The summed E-state index contributed by atoms with van der Waals surface area (Å²) in [6.07, 6.45) is 2.00. The fourth-order valence-corrected chi connectivity index (χ4v) is 1.43. The molecule has 1 amide bonds. The van der Waals surface area contributed by atoms with E-state index in [-0.39, 0.29) is 18.0 Å². The van der Waals surface area contributed by atoms with Crippen molar-refractivity contribution in [2.24, 2.45) is 5.73 Å². The van der Waals surface area contributed by atoms with Gasteiger partial charge in [0.25, 0.3) is 0 Å². The van der Waals surface area contributed by atoms with Crippen molar-refractivity contribution in [3.63, 3.8) is 0 Å². The van der Waals surface area contributed by atoms with Crippen LogP contribution in [0.2, 0.25) is 0 Å². The van der Waals surface area contributed by atoms with E-state index in [1.807, 2.05) is 6.26 Å². The Morgan fingerprint density at radius 1 is 1.89 bits per heavy atom. The Morgan fingerprint density at radius 2 is 2.56 bits per heavy atom. The van der Waals surface area contributed by atoms with Crippen LogP contribution >= 0.6 is 11.8 Å². The standard InChI is InChI=1S/C5H10N2OS/c1-9-2-3-4(6)5(8)7-3/h3-4H,2,6H2,1H3,(H,7,8)/t3-,4+/m0/s1. The van der Waals surface area contributed by atoms with Crippen molar-refractivity contribution in [3.8, 4) is 0 Å². The molecule has 2 atom stereocenters. The second kappa shape index (κ2) is 2.58. The van der Waals surface area contributed by atoms with E-state index in [0.29, 0.717) is 0 Å². The van der Waals surface area contributed by atoms with Gasteiger partial charge in [0.2, 0.25) is 5.91 Å². The zero-order chi connectivity index (χ0) is 6.85. The van der Waals surface area contributed by atoms with Crippen molar-refractivity contribution in [2.75, 3.05) is 12.0 Å². The summed E-state index contributed by atoms with van der Waals surface area (Å²) in [4.78, 5) is 10.5. The SMILES string of the molecule is CSC[C@@H]1NC(=O)[C@@H]1N. The summed E-state index contributed by atoms with van der Waals surface area (Å²) in [7, 11) is 0. The summed E-state index contributed by atoms with van der Waals surface area (Å²) in [5.41, 5.74) is 5.43. The summed E-state index contributed by atoms with van der Waals surface area (Å²) < 4.78 is 0. The van der Waals surface area contributed by atoms with Crippen LogP contribution in [0, 0.1) is 0 Å². The summed E-state index contributed by atoms with van der Waals surface area (Å²) in [5, 5.41) is 2.71. The Hall–Kier alpha value is -0.220. The van der Waals surface area contributed by atoms with Crippen LogP contribution in [0.4, 0.5) is 0 Å². The number of β-lactam (4-membered cyclic amide) rings is 1. The molecule has 0 unspecified atom stereocenters. The first kappa shape index (κ1) is 6.89. The van der Waals surface area contributed by atoms with Crippen LogP contribution in [0.25, 0.3) is 0 Å². The Kier molecular flexibility index (Phi) is 1.97. The molecule has 0 aliphatic carbocycles. The fourth-order valence-electron chi connectivity index (χ4n) is 0.780. The Morgan fingerprint density at radius 3 is 2.89 bits per heavy atom. The number of carbonyl (C=O) groups excluding carboxylic acids is 1. The van der Waals surface area contributed by atoms with Gasteiger partial charge in [0.05, 0.1) is 6.04 Å². The van der Waals surface area contributed by atoms with Crippen molar-refractivity contribution < 1.29 is 4.79 Å². The number of thioether (sulfide) groups is 1. The largest absolute Gasteiger partial charge is 0.349 e. The Balaban J connectivity index is 2.25. The molecule has 1 saturated heterocycles. The third kappa shape index (κ3) is 1.19. The molecule has 4 heteroatoms. The molecule has 0 bridgehead atoms. The Labute approximate surface area is 58.4 Å². The molecule has 0 radical (unpaired) electrons. The van der Waals surface area contributed by atoms with Crippen LogP contribution in [0.5, 0.6) is 0 Å². The molecule has 52 valence electrons. The quantitative estimate of drug-likeness (QED) is 0.500. The van der Waals surface area contributed by atoms with Gasteiger partial charge in [-0.2, -0.15) is 11.8 Å². The maximum Gasteiger partial charge on any atom is 0.239 e. The highest BCUT2D eigenvalue weighted by molar-refractivity contribution is 7.98. The highest BCUT2D eigenvalue weighted by Crippen LogP contribution is 2.07. The average Bonchev–Trinajstić information content (AvgIpc) is 1.88. The molecular formula is C5H10N2OS. The van der Waals surface area contributed by atoms with Crippen molar-refractivity contribution in [3.05, 3.63) is 0 Å². The van der Waals surface area contributed by atoms with Crippen LogP contribution in [-0.4, -0.2) is 30.0 Å². The molecule has 1 aliphatic rings. The van der Waals surface area contributed by atoms with E-state index in [9.17, 15) is 4.79 Å². The van der Waals surface area contributed by atoms with Crippen molar-refractivity contribution >= 4 is 17.7 Å². The number of nitrogens with two attached hydrogens (primary N) is 1. The minimum Gasteiger partial charge on any atom is -0.349 e. The van der Waals surface area contributed by atoms with Crippen molar-refractivity contribution in [2.45, 2.75) is 12.1 Å². The minimum absolute atomic E-state index is 0.0194. The zero-order valence-electron chi connectivity index (χ0n) is 5.26. The lowest BCUT2D eigenvalue weighted by atomic mass is 10.0. The number of amides is 1. The first-order valence-corrected chi connectivity index (χ1v) is 4.20. The van der Waals surface area contributed by atoms with E-state index in [2.05, 4.69) is 5.32 Å². The summed E-state index contributed by atoms with van der Waals surface area (Å²) >= 11 is 1.70. The first-order chi connectivity index (χ1) is 4.25. The highest BCUT2D eigenvalue weighted by Gasteiger charge is 2.34. The lowest BCUT2D eigenvalue weighted by Gasteiger charge is -2.33. The molecule has 0 aromatic rings. The van der Waals surface area contributed by atoms with Crippen LogP contribution in [-0.2, 0) is 4.79 Å². The molecule has 0 aromatic heterocycles. The van der Waals surface area contributed by atoms with Crippen LogP contribution in [0.3, 0.4) is 0 Å². The van der Waals surface area contributed by atoms with Gasteiger partial charge in [-0.05, 0) is 6.26 Å². The lowest BCUT2D eigenvalue weighted by molar-refractivity contribution is -0.129. The van der Waals surface area contributed by atoms with Gasteiger partial charge in [0.1, 0.15) is 6.04 Å². The molecule has 9 heavy (non-hydrogen) atoms. The maximum atomic E-state index is 10.5. The second-order valence-electron chi connectivity index (χ2n) is 2.10. The van der Waals surface area contributed by atoms with Gasteiger partial charge in [0, 0.05) is 5.75 Å². The third-order valence-corrected chi connectivity index (χ3v) is 2.10. The summed E-state index contributed by atoms with van der Waals surface area (Å²) in [6.45, 7) is 0. The van der Waals surface area contributed by atoms with Gasteiger partial charge in [0.15, 0.2) is 0 Å². The molecule has 1 aliphatic heterocycles. The van der Waals surface area contributed by atoms with E-state index >= 15 is 0 Å². The molecule has 1 rings (SSSR count). The number of carbonyl (C=O) groups is 1. The van der Waals surface area contributed by atoms with Crippen LogP contribution in [0.1, 0.15) is 0 Å². The smallest absolute Gasteiger partial charge is 0.239 e. The summed E-state index contributed by atoms with van der Waals surface area (Å²) in [6, 6.07) is -0.0371. The molecule has 0 spiro atoms. The van der Waals surface area contributed by atoms with E-state index in [1.54, 1.807) is 11.8 Å². The van der Waals surface area contributed by atoms with Crippen molar-refractivity contribution in [1.82, 2.24) is 5.32 Å². The van der Waals surface area contributed by atoms with Crippen LogP contribution in [0.15, 0.2) is 0 Å². The van der Waals surface area contributed by atoms with Gasteiger partial charge in [-0.1, -0.05) is 0 Å². The van der Waals surface area contributed by atoms with E-state index in [1.165, 1.54) is 0 Å². The van der Waals surface area contributed by atoms with E-state index < -0.39 is 0 Å². The molecule has 3 nitrogen and oxygen atoms in total. The topological polar surface area (TPSA) is 55.1 Å². The monoisotopic (exact) mass is 146 g/mol. The predicted molar refractivity (Wildman–Crippen MR) is 38.3 cm³/mol. The maximum absolute atomic E-state index is 10.5. The zero-order valence-corrected chi connectivity index (χ0v) is 6.07. The van der Waals surface area contributed by atoms with Crippen molar-refractivity contribution in [1.29, 1.82) is 0 Å². The second-order valence-corrected chi connectivity index (χ2v) is 3.01. The summed E-state index contributed by atoms with van der Waals surface area (Å²) in [5.74, 6) is 0.904. The Bertz CT molecular complexity index is 128. The highest BCUT2D eigenvalue weighted by atomic mass is 32.2. The molecule has 0 saturated carbocycles. The number of hydrogen-bond donors (Lipinski definition) is 2. The normalized spacial score (nSPS) is 33.3. The first-order valence-electron chi connectivity index (χ1n) is 2.80. The molecule has 1 heterocycles. The van der Waals surface area contributed by atoms with Gasteiger partial charge in [-0.3, -0.25) is 4.79 Å². The molecule has 0 aromatic carbocycles. The molecule has 1 fully saturated rings. The molecular weight excluding hydrogens is 136 g/mol. The van der Waals surface area contributed by atoms with Crippen LogP contribution < -0.4 is 11.1 Å². The third-order valence-electron chi connectivity index (χ3n) is 1.41. The fraction of sp³-hybridized carbons (Fsp3) is 0.800. The van der Waals surface area contributed by atoms with Gasteiger partial charge in [-0.15, -0.1) is 0 Å². The van der Waals surface area contributed by atoms with Gasteiger partial charge >= 0.3 is 0 Å². The number of nitrogens with one attached hydrogen (secondary N) is 1. The average molecular weight is 146 g/mol. The number of hydrogen-bond acceptors (Lipinski definition) is 3. The van der Waals surface area contributed by atoms with Gasteiger partial charge < -0.3 is 11.1 Å². The minimum atomic E-state index is -0.252. The van der Waals surface area contributed by atoms with E-state index in [0.717, 1.165) is 5.75 Å². The predicted octanol–water partition coefficient (Wildman–Crippen LogP) is -0.825.